The van der Waals surface area contributed by atoms with Crippen LogP contribution in [0.25, 0.3) is 0 Å². The van der Waals surface area contributed by atoms with Crippen LogP contribution in [-0.2, 0) is 6.54 Å². The first-order valence-electron chi connectivity index (χ1n) is 3.51. The Morgan fingerprint density at radius 3 is 3.00 bits per heavy atom. The lowest BCUT2D eigenvalue weighted by Crippen LogP contribution is -2.01. The van der Waals surface area contributed by atoms with Gasteiger partial charge in [-0.15, -0.1) is 0 Å². The predicted molar refractivity (Wildman–Crippen MR) is 52.3 cm³/mol. The fourth-order valence-corrected chi connectivity index (χ4v) is 1.40. The Hall–Kier alpha value is -0.750. The summed E-state index contributed by atoms with van der Waals surface area (Å²) in [5, 5.41) is 14.2. The summed E-state index contributed by atoms with van der Waals surface area (Å²) in [6.45, 7) is 0.634. The lowest BCUT2D eigenvalue weighted by molar-refractivity contribution is -0.389. The highest BCUT2D eigenvalue weighted by atomic mass is 35.5. The number of thioether (sulfide) groups is 1. The molecule has 0 amide bonds. The van der Waals surface area contributed by atoms with E-state index in [-0.39, 0.29) is 10.8 Å². The molecule has 1 aromatic rings. The lowest BCUT2D eigenvalue weighted by Gasteiger charge is -1.91. The third kappa shape index (κ3) is 2.60. The van der Waals surface area contributed by atoms with E-state index in [1.807, 2.05) is 6.26 Å². The van der Waals surface area contributed by atoms with Crippen molar-refractivity contribution in [3.63, 3.8) is 0 Å². The fourth-order valence-electron chi connectivity index (χ4n) is 0.810. The van der Waals surface area contributed by atoms with Gasteiger partial charge in [0, 0.05) is 5.75 Å². The summed E-state index contributed by atoms with van der Waals surface area (Å²) < 4.78 is 1.48. The van der Waals surface area contributed by atoms with Crippen LogP contribution in [0.1, 0.15) is 0 Å². The summed E-state index contributed by atoms with van der Waals surface area (Å²) in [4.78, 5) is 9.76. The van der Waals surface area contributed by atoms with E-state index < -0.39 is 4.92 Å². The minimum absolute atomic E-state index is 0.0890. The van der Waals surface area contributed by atoms with E-state index in [0.717, 1.165) is 5.75 Å². The topological polar surface area (TPSA) is 61.0 Å². The average Bonchev–Trinajstić information content (AvgIpc) is 2.43. The second kappa shape index (κ2) is 4.48. The van der Waals surface area contributed by atoms with Gasteiger partial charge in [-0.1, -0.05) is 11.6 Å². The zero-order valence-corrected chi connectivity index (χ0v) is 8.51. The van der Waals surface area contributed by atoms with Crippen molar-refractivity contribution in [3.05, 3.63) is 21.3 Å². The van der Waals surface area contributed by atoms with Crippen molar-refractivity contribution in [1.82, 2.24) is 9.78 Å². The summed E-state index contributed by atoms with van der Waals surface area (Å²) in [6, 6.07) is 0. The molecular formula is C6H8ClN3O2S. The highest BCUT2D eigenvalue weighted by Gasteiger charge is 2.18. The van der Waals surface area contributed by atoms with Crippen LogP contribution in [0.4, 0.5) is 5.82 Å². The van der Waals surface area contributed by atoms with Crippen molar-refractivity contribution in [1.29, 1.82) is 0 Å². The van der Waals surface area contributed by atoms with E-state index in [1.165, 1.54) is 10.9 Å². The smallest absolute Gasteiger partial charge is 0.358 e. The maximum absolute atomic E-state index is 10.3. The molecule has 13 heavy (non-hydrogen) atoms. The fraction of sp³-hybridized carbons (Fsp3) is 0.500. The monoisotopic (exact) mass is 221 g/mol. The van der Waals surface area contributed by atoms with Gasteiger partial charge in [-0.2, -0.15) is 16.4 Å². The average molecular weight is 222 g/mol. The second-order valence-electron chi connectivity index (χ2n) is 2.31. The Morgan fingerprint density at radius 2 is 2.54 bits per heavy atom. The molecule has 1 aromatic heterocycles. The second-order valence-corrected chi connectivity index (χ2v) is 3.71. The van der Waals surface area contributed by atoms with Gasteiger partial charge in [0.05, 0.1) is 17.8 Å². The van der Waals surface area contributed by atoms with Crippen LogP contribution in [0.5, 0.6) is 0 Å². The summed E-state index contributed by atoms with van der Waals surface area (Å²) in [5.41, 5.74) is 0. The molecule has 0 fully saturated rings. The minimum Gasteiger partial charge on any atom is -0.358 e. The maximum atomic E-state index is 10.3. The van der Waals surface area contributed by atoms with Gasteiger partial charge in [-0.05, 0) is 11.2 Å². The molecule has 0 saturated heterocycles. The number of halogens is 1. The van der Waals surface area contributed by atoms with E-state index in [0.29, 0.717) is 6.54 Å². The van der Waals surface area contributed by atoms with E-state index >= 15 is 0 Å². The van der Waals surface area contributed by atoms with Crippen molar-refractivity contribution in [2.75, 3.05) is 12.0 Å². The summed E-state index contributed by atoms with van der Waals surface area (Å²) in [6.07, 6.45) is 3.43. The molecule has 1 rings (SSSR count). The molecule has 0 aliphatic heterocycles. The Bertz CT molecular complexity index is 315. The number of rotatable bonds is 4. The molecule has 0 unspecified atom stereocenters. The van der Waals surface area contributed by atoms with Gasteiger partial charge in [0.2, 0.25) is 0 Å². The van der Waals surface area contributed by atoms with Gasteiger partial charge in [-0.25, -0.2) is 0 Å². The maximum Gasteiger partial charge on any atom is 0.408 e. The van der Waals surface area contributed by atoms with Crippen LogP contribution in [0.15, 0.2) is 6.20 Å². The molecule has 0 saturated carbocycles. The molecule has 0 aliphatic rings. The lowest BCUT2D eigenvalue weighted by atomic mass is 10.6. The largest absolute Gasteiger partial charge is 0.408 e. The van der Waals surface area contributed by atoms with Gasteiger partial charge in [0.15, 0.2) is 5.02 Å². The van der Waals surface area contributed by atoms with E-state index in [2.05, 4.69) is 5.10 Å². The van der Waals surface area contributed by atoms with Crippen molar-refractivity contribution < 1.29 is 4.92 Å². The first kappa shape index (κ1) is 10.3. The summed E-state index contributed by atoms with van der Waals surface area (Å²) >= 11 is 7.23. The number of hydrogen-bond donors (Lipinski definition) is 0. The molecule has 0 aliphatic carbocycles. The van der Waals surface area contributed by atoms with Gasteiger partial charge < -0.3 is 10.1 Å². The van der Waals surface area contributed by atoms with Crippen molar-refractivity contribution >= 4 is 29.2 Å². The molecule has 0 atom stereocenters. The zero-order valence-electron chi connectivity index (χ0n) is 6.94. The Kier molecular flexibility index (Phi) is 3.56. The van der Waals surface area contributed by atoms with Crippen molar-refractivity contribution in [2.45, 2.75) is 6.54 Å². The van der Waals surface area contributed by atoms with Gasteiger partial charge in [-0.3, -0.25) is 0 Å². The Labute approximate surface area is 84.2 Å². The molecule has 1 heterocycles. The zero-order chi connectivity index (χ0) is 9.84. The quantitative estimate of drug-likeness (QED) is 0.575. The number of aryl methyl sites for hydroxylation is 1. The normalized spacial score (nSPS) is 10.3. The van der Waals surface area contributed by atoms with E-state index in [4.69, 9.17) is 11.6 Å². The first-order chi connectivity index (χ1) is 6.15. The predicted octanol–water partition coefficient (Wildman–Crippen LogP) is 1.81. The first-order valence-corrected chi connectivity index (χ1v) is 5.28. The van der Waals surface area contributed by atoms with Gasteiger partial charge in [0.25, 0.3) is 0 Å². The van der Waals surface area contributed by atoms with Crippen LogP contribution in [0.2, 0.25) is 5.02 Å². The van der Waals surface area contributed by atoms with Crippen LogP contribution >= 0.6 is 23.4 Å². The molecule has 7 heteroatoms. The van der Waals surface area contributed by atoms with E-state index in [9.17, 15) is 10.1 Å². The molecule has 0 aromatic carbocycles. The molecular weight excluding hydrogens is 214 g/mol. The van der Waals surface area contributed by atoms with Crippen LogP contribution < -0.4 is 0 Å². The Morgan fingerprint density at radius 1 is 1.85 bits per heavy atom. The summed E-state index contributed by atoms with van der Waals surface area (Å²) in [7, 11) is 0. The van der Waals surface area contributed by atoms with Gasteiger partial charge in [0.1, 0.15) is 0 Å². The number of aromatic nitrogens is 2. The summed E-state index contributed by atoms with van der Waals surface area (Å²) in [5.74, 6) is 0.581. The number of nitro groups is 1. The molecule has 0 spiro atoms. The Balaban J connectivity index is 2.76. The molecule has 0 bridgehead atoms. The van der Waals surface area contributed by atoms with Crippen LogP contribution in [0.3, 0.4) is 0 Å². The standard InChI is InChI=1S/C6H8ClN3O2S/c1-13-3-2-9-4-5(7)6(8-9)10(11)12/h4H,2-3H2,1H3. The number of nitrogens with zero attached hydrogens (tertiary/aromatic N) is 3. The van der Waals surface area contributed by atoms with Gasteiger partial charge >= 0.3 is 5.82 Å². The molecule has 72 valence electrons. The molecule has 5 nitrogen and oxygen atoms in total. The number of hydrogen-bond acceptors (Lipinski definition) is 4. The van der Waals surface area contributed by atoms with Crippen LogP contribution in [-0.4, -0.2) is 26.7 Å². The van der Waals surface area contributed by atoms with E-state index in [1.54, 1.807) is 11.8 Å². The highest BCUT2D eigenvalue weighted by molar-refractivity contribution is 7.98. The minimum atomic E-state index is -0.585. The molecule has 0 radical (unpaired) electrons. The van der Waals surface area contributed by atoms with Crippen LogP contribution in [0, 0.1) is 10.1 Å². The van der Waals surface area contributed by atoms with Crippen molar-refractivity contribution in [2.24, 2.45) is 0 Å². The third-order valence-corrected chi connectivity index (χ3v) is 2.25. The highest BCUT2D eigenvalue weighted by Crippen LogP contribution is 2.21. The SMILES string of the molecule is CSCCn1cc(Cl)c([N+](=O)[O-])n1. The third-order valence-electron chi connectivity index (χ3n) is 1.40. The molecule has 0 N–H and O–H groups in total. The van der Waals surface area contributed by atoms with Crippen molar-refractivity contribution in [3.8, 4) is 0 Å².